The van der Waals surface area contributed by atoms with Crippen molar-refractivity contribution in [3.63, 3.8) is 0 Å². The van der Waals surface area contributed by atoms with Crippen molar-refractivity contribution in [2.75, 3.05) is 5.73 Å². The Morgan fingerprint density at radius 2 is 2.38 bits per heavy atom. The lowest BCUT2D eigenvalue weighted by Crippen LogP contribution is -1.94. The topological polar surface area (TPSA) is 54.7 Å². The van der Waals surface area contributed by atoms with Crippen molar-refractivity contribution >= 4 is 17.6 Å². The number of thioether (sulfide) groups is 1. The number of anilines is 1. The fourth-order valence-electron chi connectivity index (χ4n) is 2.16. The van der Waals surface area contributed by atoms with Crippen molar-refractivity contribution < 1.29 is 0 Å². The van der Waals surface area contributed by atoms with E-state index in [1.54, 1.807) is 0 Å². The van der Waals surface area contributed by atoms with Crippen molar-refractivity contribution in [2.24, 2.45) is 0 Å². The van der Waals surface area contributed by atoms with Gasteiger partial charge in [0.25, 0.3) is 0 Å². The maximum Gasteiger partial charge on any atom is 0.145 e. The number of nitrogens with zero attached hydrogens (tertiary/aromatic N) is 1. The van der Waals surface area contributed by atoms with Gasteiger partial charge in [0.1, 0.15) is 5.82 Å². The van der Waals surface area contributed by atoms with Crippen LogP contribution in [0.1, 0.15) is 12.5 Å². The van der Waals surface area contributed by atoms with Gasteiger partial charge in [-0.3, -0.25) is 5.10 Å². The van der Waals surface area contributed by atoms with E-state index in [0.29, 0.717) is 11.1 Å². The summed E-state index contributed by atoms with van der Waals surface area (Å²) in [7, 11) is 0. The molecule has 1 atom stereocenters. The lowest BCUT2D eigenvalue weighted by molar-refractivity contribution is 0.959. The van der Waals surface area contributed by atoms with Crippen molar-refractivity contribution in [3.05, 3.63) is 29.8 Å². The molecule has 1 aliphatic rings. The predicted molar refractivity (Wildman–Crippen MR) is 67.5 cm³/mol. The van der Waals surface area contributed by atoms with Crippen LogP contribution >= 0.6 is 11.8 Å². The summed E-state index contributed by atoms with van der Waals surface area (Å²) >= 11 is 1.94. The van der Waals surface area contributed by atoms with E-state index in [4.69, 9.17) is 5.73 Å². The average molecular weight is 231 g/mol. The van der Waals surface area contributed by atoms with E-state index in [1.807, 2.05) is 17.8 Å². The number of nitrogens with one attached hydrogen (secondary N) is 1. The lowest BCUT2D eigenvalue weighted by Gasteiger charge is -2.04. The minimum absolute atomic E-state index is 0.548. The number of nitrogen functional groups attached to an aromatic ring is 1. The average Bonchev–Trinajstić information content (AvgIpc) is 2.82. The maximum absolute atomic E-state index is 5.64. The number of hydrogen-bond donors (Lipinski definition) is 2. The second-order valence-electron chi connectivity index (χ2n) is 4.12. The monoisotopic (exact) mass is 231 g/mol. The second kappa shape index (κ2) is 3.56. The van der Waals surface area contributed by atoms with Crippen LogP contribution in [-0.2, 0) is 6.42 Å². The molecule has 2 aromatic rings. The van der Waals surface area contributed by atoms with Crippen LogP contribution in [0.3, 0.4) is 0 Å². The number of aromatic amines is 1. The molecule has 0 aliphatic carbocycles. The summed E-state index contributed by atoms with van der Waals surface area (Å²) < 4.78 is 0. The van der Waals surface area contributed by atoms with Crippen molar-refractivity contribution in [3.8, 4) is 11.3 Å². The lowest BCUT2D eigenvalue weighted by atomic mass is 10.0. The van der Waals surface area contributed by atoms with Crippen LogP contribution in [0.4, 0.5) is 5.82 Å². The molecule has 2 heterocycles. The molecule has 0 radical (unpaired) electrons. The number of benzene rings is 1. The molecule has 1 aliphatic heterocycles. The van der Waals surface area contributed by atoms with E-state index < -0.39 is 0 Å². The van der Waals surface area contributed by atoms with Gasteiger partial charge in [0.2, 0.25) is 0 Å². The first-order valence-electron chi connectivity index (χ1n) is 5.34. The van der Waals surface area contributed by atoms with E-state index in [-0.39, 0.29) is 0 Å². The highest BCUT2D eigenvalue weighted by atomic mass is 32.2. The molecule has 0 saturated heterocycles. The van der Waals surface area contributed by atoms with Crippen LogP contribution in [0.15, 0.2) is 29.2 Å². The first kappa shape index (κ1) is 9.78. The molecular weight excluding hydrogens is 218 g/mol. The molecule has 82 valence electrons. The summed E-state index contributed by atoms with van der Waals surface area (Å²) in [4.78, 5) is 1.39. The molecule has 0 bridgehead atoms. The largest absolute Gasteiger partial charge is 0.382 e. The predicted octanol–water partition coefficient (Wildman–Crippen LogP) is 2.70. The minimum Gasteiger partial charge on any atom is -0.382 e. The van der Waals surface area contributed by atoms with Crippen LogP contribution < -0.4 is 5.73 Å². The Balaban J connectivity index is 2.13. The normalized spacial score (nSPS) is 18.7. The van der Waals surface area contributed by atoms with Gasteiger partial charge in [-0.05, 0) is 18.1 Å². The highest BCUT2D eigenvalue weighted by molar-refractivity contribution is 8.00. The number of hydrogen-bond acceptors (Lipinski definition) is 3. The van der Waals surface area contributed by atoms with E-state index in [9.17, 15) is 0 Å². The summed E-state index contributed by atoms with van der Waals surface area (Å²) in [5.41, 5.74) is 9.31. The minimum atomic E-state index is 0.548. The SMILES string of the molecule is CC1Cc2c(cccc2-c2cc(N)n[nH]2)S1. The molecule has 0 amide bonds. The van der Waals surface area contributed by atoms with E-state index in [2.05, 4.69) is 35.3 Å². The molecule has 16 heavy (non-hydrogen) atoms. The number of aromatic nitrogens is 2. The van der Waals surface area contributed by atoms with Crippen LogP contribution in [0.5, 0.6) is 0 Å². The van der Waals surface area contributed by atoms with Crippen molar-refractivity contribution in [1.82, 2.24) is 10.2 Å². The van der Waals surface area contributed by atoms with Crippen LogP contribution in [0.2, 0.25) is 0 Å². The molecule has 0 spiro atoms. The van der Waals surface area contributed by atoms with Crippen molar-refractivity contribution in [1.29, 1.82) is 0 Å². The van der Waals surface area contributed by atoms with Gasteiger partial charge >= 0.3 is 0 Å². The second-order valence-corrected chi connectivity index (χ2v) is 5.60. The molecule has 0 fully saturated rings. The standard InChI is InChI=1S/C12H13N3S/c1-7-5-9-8(3-2-4-11(9)16-7)10-6-12(13)15-14-10/h2-4,6-7H,5H2,1H3,(H3,13,14,15). The van der Waals surface area contributed by atoms with Gasteiger partial charge < -0.3 is 5.73 Å². The zero-order chi connectivity index (χ0) is 11.1. The Bertz CT molecular complexity index is 533. The van der Waals surface area contributed by atoms with Gasteiger partial charge in [-0.15, -0.1) is 11.8 Å². The summed E-state index contributed by atoms with van der Waals surface area (Å²) in [5, 5.41) is 7.63. The Labute approximate surface area is 98.4 Å². The molecule has 4 heteroatoms. The summed E-state index contributed by atoms with van der Waals surface area (Å²) in [6, 6.07) is 8.30. The third kappa shape index (κ3) is 1.50. The van der Waals surface area contributed by atoms with E-state index in [1.165, 1.54) is 16.0 Å². The first-order valence-corrected chi connectivity index (χ1v) is 6.22. The molecule has 1 aromatic carbocycles. The fraction of sp³-hybridized carbons (Fsp3) is 0.250. The quantitative estimate of drug-likeness (QED) is 0.793. The van der Waals surface area contributed by atoms with Gasteiger partial charge in [-0.2, -0.15) is 5.10 Å². The number of nitrogens with two attached hydrogens (primary N) is 1. The van der Waals surface area contributed by atoms with Crippen LogP contribution in [0.25, 0.3) is 11.3 Å². The maximum atomic E-state index is 5.64. The van der Waals surface area contributed by atoms with Gasteiger partial charge in [0.15, 0.2) is 0 Å². The zero-order valence-electron chi connectivity index (χ0n) is 9.03. The third-order valence-corrected chi connectivity index (χ3v) is 4.05. The molecule has 0 saturated carbocycles. The molecule has 1 aromatic heterocycles. The van der Waals surface area contributed by atoms with Gasteiger partial charge in [-0.25, -0.2) is 0 Å². The molecule has 3 nitrogen and oxygen atoms in total. The smallest absolute Gasteiger partial charge is 0.145 e. The number of rotatable bonds is 1. The highest BCUT2D eigenvalue weighted by Gasteiger charge is 2.22. The summed E-state index contributed by atoms with van der Waals surface area (Å²) in [6.07, 6.45) is 1.12. The van der Waals surface area contributed by atoms with Gasteiger partial charge in [0.05, 0.1) is 5.69 Å². The highest BCUT2D eigenvalue weighted by Crippen LogP contribution is 2.41. The van der Waals surface area contributed by atoms with Crippen LogP contribution in [-0.4, -0.2) is 15.4 Å². The van der Waals surface area contributed by atoms with E-state index in [0.717, 1.165) is 12.1 Å². The fourth-order valence-corrected chi connectivity index (χ4v) is 3.34. The number of H-pyrrole nitrogens is 1. The Kier molecular flexibility index (Phi) is 2.17. The van der Waals surface area contributed by atoms with Crippen molar-refractivity contribution in [2.45, 2.75) is 23.5 Å². The molecule has 1 unspecified atom stereocenters. The summed E-state index contributed by atoms with van der Waals surface area (Å²) in [6.45, 7) is 2.26. The number of fused-ring (bicyclic) bond motifs is 1. The Morgan fingerprint density at radius 3 is 3.12 bits per heavy atom. The Hall–Kier alpha value is -1.42. The van der Waals surface area contributed by atoms with Gasteiger partial charge in [0, 0.05) is 21.8 Å². The summed E-state index contributed by atoms with van der Waals surface area (Å²) in [5.74, 6) is 0.548. The first-order chi connectivity index (χ1) is 7.74. The molecule has 3 N–H and O–H groups in total. The van der Waals surface area contributed by atoms with Gasteiger partial charge in [-0.1, -0.05) is 19.1 Å². The molecule has 3 rings (SSSR count). The Morgan fingerprint density at radius 1 is 1.50 bits per heavy atom. The molecular formula is C12H13N3S. The van der Waals surface area contributed by atoms with Crippen LogP contribution in [0, 0.1) is 0 Å². The van der Waals surface area contributed by atoms with E-state index >= 15 is 0 Å². The third-order valence-electron chi connectivity index (χ3n) is 2.84. The zero-order valence-corrected chi connectivity index (χ0v) is 9.84.